The van der Waals surface area contributed by atoms with Crippen molar-refractivity contribution in [1.29, 1.82) is 0 Å². The Morgan fingerprint density at radius 1 is 0.383 bits per heavy atom. The summed E-state index contributed by atoms with van der Waals surface area (Å²) in [5.41, 5.74) is 0. The van der Waals surface area contributed by atoms with Crippen LogP contribution in [-0.4, -0.2) is 60.7 Å². The van der Waals surface area contributed by atoms with E-state index in [-0.39, 0.29) is 6.61 Å². The van der Waals surface area contributed by atoms with Crippen LogP contribution in [0.4, 0.5) is 0 Å². The highest BCUT2D eigenvalue weighted by Crippen LogP contribution is 2.21. The summed E-state index contributed by atoms with van der Waals surface area (Å²) in [4.78, 5) is 62.3. The molecule has 0 saturated carbocycles. The molecule has 0 heterocycles. The molecule has 1 N–H and O–H groups in total. The number of rotatable bonds is 43. The van der Waals surface area contributed by atoms with E-state index in [2.05, 4.69) is 19.2 Å². The molecule has 0 aromatic rings. The molecule has 0 aromatic carbocycles. The molecule has 60 heavy (non-hydrogen) atoms. The second-order valence-electron chi connectivity index (χ2n) is 17.4. The van der Waals surface area contributed by atoms with Crippen molar-refractivity contribution in [2.45, 2.75) is 284 Å². The van der Waals surface area contributed by atoms with Crippen molar-refractivity contribution in [2.75, 3.05) is 6.61 Å². The molecule has 0 aliphatic carbocycles. The van der Waals surface area contributed by atoms with Gasteiger partial charge in [-0.1, -0.05) is 206 Å². The lowest BCUT2D eigenvalue weighted by Crippen LogP contribution is -2.56. The first kappa shape index (κ1) is 57.3. The van der Waals surface area contributed by atoms with E-state index >= 15 is 0 Å². The topological polar surface area (TPSA) is 134 Å². The molecular weight excluding hydrogens is 759 g/mol. The van der Waals surface area contributed by atoms with Gasteiger partial charge in [-0.2, -0.15) is 0 Å². The number of carbonyl (C=O) groups excluding carboxylic acids is 5. The molecule has 0 radical (unpaired) electrons. The van der Waals surface area contributed by atoms with Crippen molar-refractivity contribution >= 4 is 29.8 Å². The third kappa shape index (κ3) is 37.1. The highest BCUT2D eigenvalue weighted by molar-refractivity contribution is 5.83. The van der Waals surface area contributed by atoms with E-state index in [0.29, 0.717) is 19.3 Å². The summed E-state index contributed by atoms with van der Waals surface area (Å²) in [6, 6.07) is -1.04. The molecule has 0 fully saturated rings. The van der Waals surface area contributed by atoms with E-state index in [1.165, 1.54) is 182 Å². The van der Waals surface area contributed by atoms with Gasteiger partial charge in [0.1, 0.15) is 18.8 Å². The highest BCUT2D eigenvalue weighted by atomic mass is 16.6. The van der Waals surface area contributed by atoms with Crippen LogP contribution in [0.5, 0.6) is 0 Å². The Labute approximate surface area is 367 Å². The Kier molecular flexibility index (Phi) is 39.8. The zero-order chi connectivity index (χ0) is 44.5. The van der Waals surface area contributed by atoms with Gasteiger partial charge in [0, 0.05) is 27.7 Å². The van der Waals surface area contributed by atoms with Gasteiger partial charge in [-0.15, -0.1) is 0 Å². The third-order valence-electron chi connectivity index (χ3n) is 11.4. The minimum Gasteiger partial charge on any atom is -0.464 e. The number of unbranched alkanes of at least 4 members (excludes halogenated alkanes) is 30. The number of amides is 1. The van der Waals surface area contributed by atoms with E-state index in [0.717, 1.165) is 44.9 Å². The zero-order valence-electron chi connectivity index (χ0n) is 39.7. The quantitative estimate of drug-likeness (QED) is 0.0361. The first-order valence-electron chi connectivity index (χ1n) is 25.0. The largest absolute Gasteiger partial charge is 0.464 e. The van der Waals surface area contributed by atoms with Crippen LogP contribution in [-0.2, 0) is 42.9 Å². The van der Waals surface area contributed by atoms with Crippen molar-refractivity contribution in [2.24, 2.45) is 0 Å². The van der Waals surface area contributed by atoms with Crippen LogP contribution in [0.3, 0.4) is 0 Å². The molecule has 352 valence electrons. The SMILES string of the molecule is CCCCCCCCCCCCCCCCCCCCCC[C@H](OC(C)=O)C(=O)N[C@H](COC(C)=O)[C@@H](OC(C)=O)[C@H](CCCCCCCCCCCCCC)OC(C)=O. The van der Waals surface area contributed by atoms with Gasteiger partial charge in [0.15, 0.2) is 12.2 Å². The maximum absolute atomic E-state index is 13.7. The fourth-order valence-electron chi connectivity index (χ4n) is 8.03. The van der Waals surface area contributed by atoms with Crippen LogP contribution in [0, 0.1) is 0 Å². The van der Waals surface area contributed by atoms with Crippen molar-refractivity contribution in [3.05, 3.63) is 0 Å². The van der Waals surface area contributed by atoms with Crippen LogP contribution < -0.4 is 5.32 Å². The molecule has 0 saturated heterocycles. The molecule has 4 atom stereocenters. The van der Waals surface area contributed by atoms with Gasteiger partial charge in [-0.25, -0.2) is 0 Å². The molecule has 0 unspecified atom stereocenters. The van der Waals surface area contributed by atoms with Crippen LogP contribution in [0.2, 0.25) is 0 Å². The Morgan fingerprint density at radius 2 is 0.700 bits per heavy atom. The highest BCUT2D eigenvalue weighted by Gasteiger charge is 2.38. The summed E-state index contributed by atoms with van der Waals surface area (Å²) in [5, 5.41) is 2.83. The Bertz CT molecular complexity index is 1070. The number of esters is 4. The Hall–Kier alpha value is -2.65. The fraction of sp³-hybridized carbons (Fsp3) is 0.900. The van der Waals surface area contributed by atoms with Gasteiger partial charge >= 0.3 is 23.9 Å². The number of nitrogens with one attached hydrogen (secondary N) is 1. The molecule has 0 aromatic heterocycles. The van der Waals surface area contributed by atoms with Gasteiger partial charge in [-0.05, 0) is 25.7 Å². The molecule has 0 bridgehead atoms. The predicted molar refractivity (Wildman–Crippen MR) is 244 cm³/mol. The monoisotopic (exact) mass is 852 g/mol. The van der Waals surface area contributed by atoms with E-state index in [1.54, 1.807) is 0 Å². The van der Waals surface area contributed by atoms with Crippen LogP contribution >= 0.6 is 0 Å². The van der Waals surface area contributed by atoms with Crippen LogP contribution in [0.1, 0.15) is 260 Å². The van der Waals surface area contributed by atoms with Gasteiger partial charge in [0.25, 0.3) is 5.91 Å². The maximum atomic E-state index is 13.7. The smallest absolute Gasteiger partial charge is 0.303 e. The van der Waals surface area contributed by atoms with E-state index in [1.807, 2.05) is 0 Å². The lowest BCUT2D eigenvalue weighted by Gasteiger charge is -2.33. The van der Waals surface area contributed by atoms with Crippen molar-refractivity contribution in [1.82, 2.24) is 5.32 Å². The third-order valence-corrected chi connectivity index (χ3v) is 11.4. The summed E-state index contributed by atoms with van der Waals surface area (Å²) in [5.74, 6) is -2.92. The summed E-state index contributed by atoms with van der Waals surface area (Å²) >= 11 is 0. The van der Waals surface area contributed by atoms with Gasteiger partial charge in [-0.3, -0.25) is 24.0 Å². The normalized spacial score (nSPS) is 13.2. The second kappa shape index (κ2) is 41.7. The van der Waals surface area contributed by atoms with Gasteiger partial charge in [0.05, 0.1) is 0 Å². The molecule has 0 aliphatic heterocycles. The van der Waals surface area contributed by atoms with E-state index < -0.39 is 54.1 Å². The number of hydrogen-bond acceptors (Lipinski definition) is 9. The van der Waals surface area contributed by atoms with Crippen LogP contribution in [0.15, 0.2) is 0 Å². The first-order chi connectivity index (χ1) is 29.0. The fourth-order valence-corrected chi connectivity index (χ4v) is 8.03. The molecule has 1 amide bonds. The first-order valence-corrected chi connectivity index (χ1v) is 25.0. The van der Waals surface area contributed by atoms with Crippen LogP contribution in [0.25, 0.3) is 0 Å². The van der Waals surface area contributed by atoms with Gasteiger partial charge in [0.2, 0.25) is 0 Å². The van der Waals surface area contributed by atoms with Crippen molar-refractivity contribution in [3.8, 4) is 0 Å². The van der Waals surface area contributed by atoms with Crippen molar-refractivity contribution < 1.29 is 42.9 Å². The minimum atomic E-state index is -1.12. The standard InChI is InChI=1S/C50H93NO9/c1-7-9-11-13-15-17-19-21-22-23-24-25-26-27-28-30-32-34-36-38-40-48(59-44(5)54)50(56)51-46(41-57-42(3)52)49(60-45(6)55)47(58-43(4)53)39-37-35-33-31-29-20-18-16-14-12-10-8-2/h46-49H,7-41H2,1-6H3,(H,51,56)/t46-,47+,48+,49-/m1/s1. The average Bonchev–Trinajstić information content (AvgIpc) is 3.19. The number of carbonyl (C=O) groups is 5. The lowest BCUT2D eigenvalue weighted by atomic mass is 9.98. The molecule has 0 aliphatic rings. The zero-order valence-corrected chi connectivity index (χ0v) is 39.7. The summed E-state index contributed by atoms with van der Waals surface area (Å²) in [7, 11) is 0. The molecular formula is C50H93NO9. The maximum Gasteiger partial charge on any atom is 0.303 e. The second-order valence-corrected chi connectivity index (χ2v) is 17.4. The summed E-state index contributed by atoms with van der Waals surface area (Å²) < 4.78 is 22.2. The summed E-state index contributed by atoms with van der Waals surface area (Å²) in [6.07, 6.45) is 37.1. The number of ether oxygens (including phenoxy) is 4. The molecule has 10 heteroatoms. The summed E-state index contributed by atoms with van der Waals surface area (Å²) in [6.45, 7) is 9.23. The van der Waals surface area contributed by atoms with Crippen molar-refractivity contribution in [3.63, 3.8) is 0 Å². The Morgan fingerprint density at radius 3 is 1.02 bits per heavy atom. The minimum absolute atomic E-state index is 0.318. The van der Waals surface area contributed by atoms with E-state index in [4.69, 9.17) is 18.9 Å². The molecule has 0 spiro atoms. The Balaban J connectivity index is 4.90. The predicted octanol–water partition coefficient (Wildman–Crippen LogP) is 13.1. The van der Waals surface area contributed by atoms with E-state index in [9.17, 15) is 24.0 Å². The van der Waals surface area contributed by atoms with Gasteiger partial charge < -0.3 is 24.3 Å². The molecule has 10 nitrogen and oxygen atoms in total. The lowest BCUT2D eigenvalue weighted by molar-refractivity contribution is -0.172. The average molecular weight is 852 g/mol. The molecule has 0 rings (SSSR count). The number of hydrogen-bond donors (Lipinski definition) is 1.